The van der Waals surface area contributed by atoms with Crippen LogP contribution in [0.2, 0.25) is 10.0 Å². The number of halogens is 2. The van der Waals surface area contributed by atoms with Gasteiger partial charge in [-0.05, 0) is 60.5 Å². The summed E-state index contributed by atoms with van der Waals surface area (Å²) in [5.74, 6) is -1.25. The van der Waals surface area contributed by atoms with E-state index in [0.717, 1.165) is 17.7 Å². The van der Waals surface area contributed by atoms with Crippen LogP contribution in [0.1, 0.15) is 35.7 Å². The van der Waals surface area contributed by atoms with Crippen LogP contribution in [0.15, 0.2) is 75.4 Å². The van der Waals surface area contributed by atoms with E-state index < -0.39 is 16.0 Å². The zero-order valence-corrected chi connectivity index (χ0v) is 22.4. The molecular weight excluding hydrogens is 543 g/mol. The average Bonchev–Trinajstić information content (AvgIpc) is 2.80. The molecule has 0 bridgehead atoms. The summed E-state index contributed by atoms with van der Waals surface area (Å²) in [6, 6.07) is 15.7. The van der Waals surface area contributed by atoms with Crippen molar-refractivity contribution in [3.8, 4) is 0 Å². The molecule has 3 aromatic rings. The molecule has 1 amide bonds. The maximum Gasteiger partial charge on any atom is 0.307 e. The van der Waals surface area contributed by atoms with Gasteiger partial charge in [0.2, 0.25) is 0 Å². The summed E-state index contributed by atoms with van der Waals surface area (Å²) in [7, 11) is -4.11. The van der Waals surface area contributed by atoms with Gasteiger partial charge in [0.1, 0.15) is 4.90 Å². The monoisotopic (exact) mass is 566 g/mol. The standard InChI is InChI=1S/C25H24Cl2N2O5S2/c1-2-3-12-28-25(32)17-6-10-22(35-19-8-4-16(5-9-19)13-24(30)31)21(14-17)29-36(33,34)23-11-7-18(26)15-20(23)27/h4-11,14-15,29H,2-3,12-13H2,1H3,(H,28,32)(H,30,31). The second-order valence-electron chi connectivity index (χ2n) is 7.82. The number of aliphatic carboxylic acids is 1. The zero-order chi connectivity index (χ0) is 26.3. The van der Waals surface area contributed by atoms with Crippen LogP contribution < -0.4 is 10.0 Å². The molecule has 7 nitrogen and oxygen atoms in total. The lowest BCUT2D eigenvalue weighted by atomic mass is 10.2. The van der Waals surface area contributed by atoms with Crippen LogP contribution >= 0.6 is 35.0 Å². The van der Waals surface area contributed by atoms with E-state index in [4.69, 9.17) is 28.3 Å². The molecule has 0 radical (unpaired) electrons. The molecule has 0 aromatic heterocycles. The number of unbranched alkanes of at least 4 members (excludes halogenated alkanes) is 1. The van der Waals surface area contributed by atoms with Crippen molar-refractivity contribution in [2.75, 3.05) is 11.3 Å². The Bertz CT molecular complexity index is 1360. The molecule has 3 aromatic carbocycles. The lowest BCUT2D eigenvalue weighted by molar-refractivity contribution is -0.136. The molecule has 0 saturated heterocycles. The molecule has 0 unspecified atom stereocenters. The van der Waals surface area contributed by atoms with Gasteiger partial charge in [0.25, 0.3) is 15.9 Å². The van der Waals surface area contributed by atoms with Crippen molar-refractivity contribution in [3.63, 3.8) is 0 Å². The van der Waals surface area contributed by atoms with Gasteiger partial charge >= 0.3 is 5.97 Å². The van der Waals surface area contributed by atoms with Crippen molar-refractivity contribution in [2.24, 2.45) is 0 Å². The van der Waals surface area contributed by atoms with E-state index in [-0.39, 0.29) is 27.9 Å². The first-order valence-corrected chi connectivity index (χ1v) is 14.0. The zero-order valence-electron chi connectivity index (χ0n) is 19.3. The van der Waals surface area contributed by atoms with Gasteiger partial charge in [0, 0.05) is 26.9 Å². The summed E-state index contributed by atoms with van der Waals surface area (Å²) in [5, 5.41) is 12.0. The number of amides is 1. The average molecular weight is 568 g/mol. The van der Waals surface area contributed by atoms with Crippen molar-refractivity contribution in [2.45, 2.75) is 40.9 Å². The van der Waals surface area contributed by atoms with Crippen LogP contribution in [0.25, 0.3) is 0 Å². The Morgan fingerprint density at radius 1 is 1.00 bits per heavy atom. The third kappa shape index (κ3) is 7.64. The highest BCUT2D eigenvalue weighted by Gasteiger charge is 2.21. The van der Waals surface area contributed by atoms with Crippen LogP contribution in [0.4, 0.5) is 5.69 Å². The highest BCUT2D eigenvalue weighted by molar-refractivity contribution is 7.99. The molecule has 11 heteroatoms. The van der Waals surface area contributed by atoms with Crippen LogP contribution in [0.3, 0.4) is 0 Å². The van der Waals surface area contributed by atoms with Crippen molar-refractivity contribution in [3.05, 3.63) is 81.8 Å². The molecule has 0 atom stereocenters. The first-order valence-electron chi connectivity index (χ1n) is 11.0. The second-order valence-corrected chi connectivity index (χ2v) is 11.4. The number of carboxylic acids is 1. The van der Waals surface area contributed by atoms with E-state index in [1.807, 2.05) is 6.92 Å². The van der Waals surface area contributed by atoms with E-state index in [9.17, 15) is 18.0 Å². The minimum atomic E-state index is -4.11. The fourth-order valence-corrected chi connectivity index (χ4v) is 5.98. The summed E-state index contributed by atoms with van der Waals surface area (Å²) in [6.45, 7) is 2.52. The van der Waals surface area contributed by atoms with E-state index >= 15 is 0 Å². The molecule has 0 heterocycles. The highest BCUT2D eigenvalue weighted by atomic mass is 35.5. The summed E-state index contributed by atoms with van der Waals surface area (Å²) >= 11 is 13.3. The van der Waals surface area contributed by atoms with E-state index in [2.05, 4.69) is 10.0 Å². The van der Waals surface area contributed by atoms with Crippen molar-refractivity contribution in [1.29, 1.82) is 0 Å². The van der Waals surface area contributed by atoms with Gasteiger partial charge in [0.15, 0.2) is 0 Å². The molecule has 190 valence electrons. The lowest BCUT2D eigenvalue weighted by Crippen LogP contribution is -2.24. The number of hydrogen-bond acceptors (Lipinski definition) is 5. The van der Waals surface area contributed by atoms with Gasteiger partial charge in [0.05, 0.1) is 17.1 Å². The maximum absolute atomic E-state index is 13.2. The molecule has 0 aliphatic carbocycles. The Hall–Kier alpha value is -2.72. The first kappa shape index (κ1) is 27.9. The summed E-state index contributed by atoms with van der Waals surface area (Å²) in [6.07, 6.45) is 1.65. The Kier molecular flexibility index (Phi) is 9.67. The fourth-order valence-electron chi connectivity index (χ4n) is 3.19. The van der Waals surface area contributed by atoms with Gasteiger partial charge in [-0.1, -0.05) is 60.4 Å². The van der Waals surface area contributed by atoms with E-state index in [0.29, 0.717) is 27.6 Å². The lowest BCUT2D eigenvalue weighted by Gasteiger charge is -2.15. The third-order valence-electron chi connectivity index (χ3n) is 4.99. The topological polar surface area (TPSA) is 113 Å². The van der Waals surface area contributed by atoms with Crippen LogP contribution in [0.5, 0.6) is 0 Å². The van der Waals surface area contributed by atoms with Gasteiger partial charge in [-0.3, -0.25) is 14.3 Å². The predicted octanol–water partition coefficient (Wildman–Crippen LogP) is 6.10. The molecule has 3 rings (SSSR count). The molecule has 0 aliphatic rings. The molecule has 0 saturated carbocycles. The first-order chi connectivity index (χ1) is 17.1. The molecule has 0 fully saturated rings. The van der Waals surface area contributed by atoms with E-state index in [1.165, 1.54) is 36.0 Å². The molecule has 0 spiro atoms. The van der Waals surface area contributed by atoms with Crippen LogP contribution in [-0.4, -0.2) is 31.9 Å². The SMILES string of the molecule is CCCCNC(=O)c1ccc(Sc2ccc(CC(=O)O)cc2)c(NS(=O)(=O)c2ccc(Cl)cc2Cl)c1. The smallest absolute Gasteiger partial charge is 0.307 e. The number of sulfonamides is 1. The van der Waals surface area contributed by atoms with Crippen molar-refractivity contribution >= 4 is 62.6 Å². The number of anilines is 1. The maximum atomic E-state index is 13.2. The van der Waals surface area contributed by atoms with Gasteiger partial charge < -0.3 is 10.4 Å². The highest BCUT2D eigenvalue weighted by Crippen LogP contribution is 2.36. The minimum Gasteiger partial charge on any atom is -0.481 e. The third-order valence-corrected chi connectivity index (χ3v) is 8.16. The summed E-state index contributed by atoms with van der Waals surface area (Å²) in [5.41, 5.74) is 1.14. The second kappa shape index (κ2) is 12.5. The number of hydrogen-bond donors (Lipinski definition) is 3. The van der Waals surface area contributed by atoms with Gasteiger partial charge in [-0.2, -0.15) is 0 Å². The number of nitrogens with one attached hydrogen (secondary N) is 2. The normalized spacial score (nSPS) is 11.2. The van der Waals surface area contributed by atoms with Gasteiger partial charge in [-0.15, -0.1) is 0 Å². The minimum absolute atomic E-state index is 0.0355. The van der Waals surface area contributed by atoms with Crippen molar-refractivity contribution < 1.29 is 23.1 Å². The predicted molar refractivity (Wildman–Crippen MR) is 143 cm³/mol. The largest absolute Gasteiger partial charge is 0.481 e. The molecule has 3 N–H and O–H groups in total. The Balaban J connectivity index is 1.95. The Morgan fingerprint density at radius 2 is 1.72 bits per heavy atom. The number of benzene rings is 3. The molecular formula is C25H24Cl2N2O5S2. The van der Waals surface area contributed by atoms with Gasteiger partial charge in [-0.25, -0.2) is 8.42 Å². The van der Waals surface area contributed by atoms with E-state index in [1.54, 1.807) is 36.4 Å². The molecule has 0 aliphatic heterocycles. The Morgan fingerprint density at radius 3 is 2.36 bits per heavy atom. The van der Waals surface area contributed by atoms with Crippen LogP contribution in [0, 0.1) is 0 Å². The molecule has 36 heavy (non-hydrogen) atoms. The fraction of sp³-hybridized carbons (Fsp3) is 0.200. The summed E-state index contributed by atoms with van der Waals surface area (Å²) < 4.78 is 28.9. The number of carboxylic acid groups (broad SMARTS) is 1. The van der Waals surface area contributed by atoms with Crippen LogP contribution in [-0.2, 0) is 21.2 Å². The number of rotatable bonds is 11. The quantitative estimate of drug-likeness (QED) is 0.241. The number of carbonyl (C=O) groups is 2. The number of carbonyl (C=O) groups excluding carboxylic acids is 1. The summed E-state index contributed by atoms with van der Waals surface area (Å²) in [4.78, 5) is 24.7. The van der Waals surface area contributed by atoms with Crippen molar-refractivity contribution in [1.82, 2.24) is 5.32 Å². The Labute approximate surface area is 224 Å².